The molecule has 30 heavy (non-hydrogen) atoms. The van der Waals surface area contributed by atoms with Gasteiger partial charge in [0.05, 0.1) is 28.8 Å². The Morgan fingerprint density at radius 3 is 2.20 bits per heavy atom. The van der Waals surface area contributed by atoms with Gasteiger partial charge in [-0.3, -0.25) is 0 Å². The molecular weight excluding hydrogens is 403 g/mol. The Morgan fingerprint density at radius 1 is 0.733 bits per heavy atom. The Balaban J connectivity index is 1.76. The van der Waals surface area contributed by atoms with Gasteiger partial charge in [-0.1, -0.05) is 48.0 Å². The van der Waals surface area contributed by atoms with Crippen LogP contribution >= 0.6 is 11.6 Å². The molecule has 2 heterocycles. The Labute approximate surface area is 176 Å². The Kier molecular flexibility index (Phi) is 4.57. The fourth-order valence-corrected chi connectivity index (χ4v) is 3.53. The van der Waals surface area contributed by atoms with Crippen LogP contribution in [0.2, 0.25) is 5.02 Å². The molecule has 0 spiro atoms. The summed E-state index contributed by atoms with van der Waals surface area (Å²) in [6.07, 6.45) is 1.69. The van der Waals surface area contributed by atoms with E-state index >= 15 is 0 Å². The molecule has 3 aromatic carbocycles. The Morgan fingerprint density at radius 2 is 1.43 bits per heavy atom. The first-order valence-corrected chi connectivity index (χ1v) is 9.53. The number of tetrazole rings is 1. The van der Waals surface area contributed by atoms with Crippen LogP contribution in [0, 0.1) is 5.82 Å². The number of nitrogens with zero attached hydrogens (tertiary/aromatic N) is 6. The largest absolute Gasteiger partial charge is 0.232 e. The molecule has 0 unspecified atom stereocenters. The molecule has 0 aliphatic rings. The molecule has 0 amide bonds. The number of hydrogen-bond acceptors (Lipinski definition) is 4. The SMILES string of the molecule is Fc1ccc(-n2ncc(-c3nnnn3-c3ccccc3)c2-c2ccccc2Cl)cc1. The summed E-state index contributed by atoms with van der Waals surface area (Å²) in [7, 11) is 0. The predicted molar refractivity (Wildman–Crippen MR) is 112 cm³/mol. The van der Waals surface area contributed by atoms with Gasteiger partial charge < -0.3 is 0 Å². The van der Waals surface area contributed by atoms with Crippen molar-refractivity contribution in [3.05, 3.63) is 95.9 Å². The van der Waals surface area contributed by atoms with Crippen molar-refractivity contribution in [3.63, 3.8) is 0 Å². The highest BCUT2D eigenvalue weighted by molar-refractivity contribution is 6.33. The normalized spacial score (nSPS) is 11.0. The first-order chi connectivity index (χ1) is 14.7. The number of hydrogen-bond donors (Lipinski definition) is 0. The van der Waals surface area contributed by atoms with E-state index in [1.807, 2.05) is 54.6 Å². The lowest BCUT2D eigenvalue weighted by Crippen LogP contribution is -2.02. The molecular formula is C22H14ClFN6. The van der Waals surface area contributed by atoms with E-state index in [2.05, 4.69) is 20.6 Å². The molecule has 8 heteroatoms. The van der Waals surface area contributed by atoms with Crippen molar-refractivity contribution in [1.82, 2.24) is 30.0 Å². The van der Waals surface area contributed by atoms with E-state index in [4.69, 9.17) is 11.6 Å². The van der Waals surface area contributed by atoms with Gasteiger partial charge in [0, 0.05) is 10.6 Å². The molecule has 0 atom stereocenters. The van der Waals surface area contributed by atoms with E-state index in [0.29, 0.717) is 27.8 Å². The van der Waals surface area contributed by atoms with E-state index < -0.39 is 0 Å². The van der Waals surface area contributed by atoms with Gasteiger partial charge in [-0.25, -0.2) is 9.07 Å². The maximum atomic E-state index is 13.5. The molecule has 0 saturated carbocycles. The van der Waals surface area contributed by atoms with Crippen LogP contribution in [0.15, 0.2) is 85.1 Å². The van der Waals surface area contributed by atoms with Gasteiger partial charge in [0.15, 0.2) is 5.82 Å². The first-order valence-electron chi connectivity index (χ1n) is 9.15. The summed E-state index contributed by atoms with van der Waals surface area (Å²) in [5.74, 6) is 0.197. The van der Waals surface area contributed by atoms with Crippen LogP contribution in [0.3, 0.4) is 0 Å². The van der Waals surface area contributed by atoms with Crippen LogP contribution in [0.5, 0.6) is 0 Å². The fourth-order valence-electron chi connectivity index (χ4n) is 3.30. The van der Waals surface area contributed by atoms with Crippen LogP contribution in [0.4, 0.5) is 4.39 Å². The zero-order valence-electron chi connectivity index (χ0n) is 15.5. The third kappa shape index (κ3) is 3.15. The predicted octanol–water partition coefficient (Wildman–Crippen LogP) is 4.97. The second-order valence-electron chi connectivity index (χ2n) is 6.52. The lowest BCUT2D eigenvalue weighted by molar-refractivity contribution is 0.627. The lowest BCUT2D eigenvalue weighted by Gasteiger charge is -2.12. The zero-order valence-corrected chi connectivity index (χ0v) is 16.3. The minimum atomic E-state index is -0.321. The van der Waals surface area contributed by atoms with Gasteiger partial charge in [0.1, 0.15) is 5.82 Å². The van der Waals surface area contributed by atoms with Crippen molar-refractivity contribution >= 4 is 11.6 Å². The van der Waals surface area contributed by atoms with Gasteiger partial charge in [-0.2, -0.15) is 9.78 Å². The Hall–Kier alpha value is -3.84. The van der Waals surface area contributed by atoms with E-state index in [1.165, 1.54) is 12.1 Å². The number of rotatable bonds is 4. The summed E-state index contributed by atoms with van der Waals surface area (Å²) in [5.41, 5.74) is 3.67. The number of halogens is 2. The molecule has 0 radical (unpaired) electrons. The molecule has 146 valence electrons. The number of para-hydroxylation sites is 1. The minimum Gasteiger partial charge on any atom is -0.232 e. The molecule has 5 aromatic rings. The quantitative estimate of drug-likeness (QED) is 0.415. The van der Waals surface area contributed by atoms with E-state index in [-0.39, 0.29) is 5.82 Å². The molecule has 2 aromatic heterocycles. The third-order valence-electron chi connectivity index (χ3n) is 4.68. The van der Waals surface area contributed by atoms with Crippen molar-refractivity contribution < 1.29 is 4.39 Å². The second kappa shape index (κ2) is 7.53. The lowest BCUT2D eigenvalue weighted by atomic mass is 10.1. The average molecular weight is 417 g/mol. The summed E-state index contributed by atoms with van der Waals surface area (Å²) < 4.78 is 16.8. The molecule has 0 bridgehead atoms. The molecule has 0 aliphatic heterocycles. The topological polar surface area (TPSA) is 61.4 Å². The summed E-state index contributed by atoms with van der Waals surface area (Å²) in [6.45, 7) is 0. The fraction of sp³-hybridized carbons (Fsp3) is 0. The molecule has 0 aliphatic carbocycles. The number of aromatic nitrogens is 6. The monoisotopic (exact) mass is 416 g/mol. The number of benzene rings is 3. The van der Waals surface area contributed by atoms with Gasteiger partial charge in [0.25, 0.3) is 0 Å². The summed E-state index contributed by atoms with van der Waals surface area (Å²) in [4.78, 5) is 0. The summed E-state index contributed by atoms with van der Waals surface area (Å²) >= 11 is 6.53. The van der Waals surface area contributed by atoms with Crippen LogP contribution in [0.1, 0.15) is 0 Å². The molecule has 0 N–H and O–H groups in total. The summed E-state index contributed by atoms with van der Waals surface area (Å²) in [6, 6.07) is 23.2. The van der Waals surface area contributed by atoms with Crippen molar-refractivity contribution in [2.45, 2.75) is 0 Å². The van der Waals surface area contributed by atoms with E-state index in [9.17, 15) is 4.39 Å². The van der Waals surface area contributed by atoms with Crippen LogP contribution in [0.25, 0.3) is 34.0 Å². The first kappa shape index (κ1) is 18.2. The van der Waals surface area contributed by atoms with Crippen molar-refractivity contribution in [3.8, 4) is 34.0 Å². The van der Waals surface area contributed by atoms with Crippen molar-refractivity contribution in [2.24, 2.45) is 0 Å². The van der Waals surface area contributed by atoms with Crippen LogP contribution < -0.4 is 0 Å². The molecule has 0 fully saturated rings. The van der Waals surface area contributed by atoms with Gasteiger partial charge in [-0.15, -0.1) is 5.10 Å². The van der Waals surface area contributed by atoms with Gasteiger partial charge >= 0.3 is 0 Å². The maximum Gasteiger partial charge on any atom is 0.190 e. The van der Waals surface area contributed by atoms with Crippen LogP contribution in [-0.2, 0) is 0 Å². The van der Waals surface area contributed by atoms with Crippen LogP contribution in [-0.4, -0.2) is 30.0 Å². The highest BCUT2D eigenvalue weighted by Gasteiger charge is 2.22. The Bertz CT molecular complexity index is 1310. The van der Waals surface area contributed by atoms with Crippen molar-refractivity contribution in [1.29, 1.82) is 0 Å². The molecule has 5 rings (SSSR count). The highest BCUT2D eigenvalue weighted by Crippen LogP contribution is 2.37. The van der Waals surface area contributed by atoms with Crippen molar-refractivity contribution in [2.75, 3.05) is 0 Å². The standard InChI is InChI=1S/C22H14ClFN6/c23-20-9-5-4-8-18(20)21-19(14-25-29(21)17-12-10-15(24)11-13-17)22-26-27-28-30(22)16-6-2-1-3-7-16/h1-14H. The van der Waals surface area contributed by atoms with Gasteiger partial charge in [-0.05, 0) is 52.9 Å². The average Bonchev–Trinajstić information content (AvgIpc) is 3.42. The second-order valence-corrected chi connectivity index (χ2v) is 6.93. The van der Waals surface area contributed by atoms with Gasteiger partial charge in [0.2, 0.25) is 0 Å². The highest BCUT2D eigenvalue weighted by atomic mass is 35.5. The minimum absolute atomic E-state index is 0.321. The van der Waals surface area contributed by atoms with E-state index in [1.54, 1.807) is 27.7 Å². The van der Waals surface area contributed by atoms with E-state index in [0.717, 1.165) is 11.3 Å². The smallest absolute Gasteiger partial charge is 0.190 e. The third-order valence-corrected chi connectivity index (χ3v) is 5.01. The summed E-state index contributed by atoms with van der Waals surface area (Å²) in [5, 5.41) is 17.4. The zero-order chi connectivity index (χ0) is 20.5. The molecule has 0 saturated heterocycles. The molecule has 6 nitrogen and oxygen atoms in total. The maximum absolute atomic E-state index is 13.5.